The Hall–Kier alpha value is -2.79. The Morgan fingerprint density at radius 3 is 2.56 bits per heavy atom. The van der Waals surface area contributed by atoms with E-state index in [0.717, 1.165) is 16.6 Å². The fourth-order valence-electron chi connectivity index (χ4n) is 3.03. The molecule has 0 bridgehead atoms. The number of amides is 1. The van der Waals surface area contributed by atoms with Gasteiger partial charge in [-0.1, -0.05) is 43.6 Å². The van der Waals surface area contributed by atoms with Gasteiger partial charge < -0.3 is 14.8 Å². The molecule has 1 aliphatic heterocycles. The van der Waals surface area contributed by atoms with E-state index in [0.29, 0.717) is 41.0 Å². The largest absolute Gasteiger partial charge is 0.486 e. The molecule has 4 rings (SSSR count). The van der Waals surface area contributed by atoms with E-state index in [1.165, 1.54) is 0 Å². The summed E-state index contributed by atoms with van der Waals surface area (Å²) >= 11 is 6.33. The number of ether oxygens (including phenoxy) is 2. The molecule has 1 aliphatic rings. The zero-order valence-electron chi connectivity index (χ0n) is 15.1. The maximum Gasteiger partial charge on any atom is 0.256 e. The Kier molecular flexibility index (Phi) is 4.62. The average molecular weight is 383 g/mol. The minimum absolute atomic E-state index is 0.207. The van der Waals surface area contributed by atoms with Crippen molar-refractivity contribution in [2.75, 3.05) is 18.5 Å². The highest BCUT2D eigenvalue weighted by molar-refractivity contribution is 6.34. The molecule has 3 aromatic rings. The zero-order valence-corrected chi connectivity index (χ0v) is 15.8. The molecule has 0 saturated heterocycles. The Morgan fingerprint density at radius 2 is 1.81 bits per heavy atom. The molecule has 2 heterocycles. The van der Waals surface area contributed by atoms with Crippen molar-refractivity contribution in [2.24, 2.45) is 0 Å². The fraction of sp³-hybridized carbons (Fsp3) is 0.238. The Labute approximate surface area is 162 Å². The number of rotatable bonds is 3. The summed E-state index contributed by atoms with van der Waals surface area (Å²) in [5, 5.41) is 4.10. The first kappa shape index (κ1) is 17.6. The van der Waals surface area contributed by atoms with E-state index in [2.05, 4.69) is 24.1 Å². The lowest BCUT2D eigenvalue weighted by Crippen LogP contribution is -2.17. The van der Waals surface area contributed by atoms with Gasteiger partial charge in [0.05, 0.1) is 21.8 Å². The van der Waals surface area contributed by atoms with Gasteiger partial charge in [-0.25, -0.2) is 0 Å². The highest BCUT2D eigenvalue weighted by atomic mass is 35.5. The number of pyridine rings is 1. The molecule has 0 atom stereocenters. The van der Waals surface area contributed by atoms with E-state index in [1.807, 2.05) is 30.3 Å². The lowest BCUT2D eigenvalue weighted by atomic mass is 10.0. The molecular weight excluding hydrogens is 364 g/mol. The number of anilines is 1. The molecule has 0 unspecified atom stereocenters. The number of aromatic nitrogens is 1. The predicted molar refractivity (Wildman–Crippen MR) is 106 cm³/mol. The minimum Gasteiger partial charge on any atom is -0.486 e. The molecule has 1 N–H and O–H groups in total. The first-order valence-corrected chi connectivity index (χ1v) is 9.21. The van der Waals surface area contributed by atoms with Gasteiger partial charge in [0.1, 0.15) is 13.2 Å². The molecule has 0 radical (unpaired) electrons. The van der Waals surface area contributed by atoms with Crippen LogP contribution in [0.15, 0.2) is 42.5 Å². The molecule has 6 heteroatoms. The van der Waals surface area contributed by atoms with Gasteiger partial charge in [-0.15, -0.1) is 0 Å². The summed E-state index contributed by atoms with van der Waals surface area (Å²) in [5.74, 6) is 1.12. The molecule has 1 aromatic heterocycles. The molecule has 27 heavy (non-hydrogen) atoms. The van der Waals surface area contributed by atoms with Crippen LogP contribution >= 0.6 is 11.6 Å². The van der Waals surface area contributed by atoms with Crippen molar-refractivity contribution in [1.82, 2.24) is 4.98 Å². The van der Waals surface area contributed by atoms with Crippen molar-refractivity contribution in [3.63, 3.8) is 0 Å². The Morgan fingerprint density at radius 1 is 1.11 bits per heavy atom. The summed E-state index contributed by atoms with van der Waals surface area (Å²) in [6, 6.07) is 12.8. The zero-order chi connectivity index (χ0) is 19.0. The van der Waals surface area contributed by atoms with Gasteiger partial charge in [-0.05, 0) is 18.1 Å². The lowest BCUT2D eigenvalue weighted by molar-refractivity contribution is 0.102. The van der Waals surface area contributed by atoms with Crippen LogP contribution in [0.1, 0.15) is 35.8 Å². The van der Waals surface area contributed by atoms with Crippen molar-refractivity contribution in [2.45, 2.75) is 19.8 Å². The second kappa shape index (κ2) is 7.08. The number of fused-ring (bicyclic) bond motifs is 2. The number of para-hydroxylation sites is 1. The minimum atomic E-state index is -0.242. The average Bonchev–Trinajstić information content (AvgIpc) is 2.67. The summed E-state index contributed by atoms with van der Waals surface area (Å²) in [6.07, 6.45) is 0. The van der Waals surface area contributed by atoms with Crippen LogP contribution in [0.3, 0.4) is 0 Å². The van der Waals surface area contributed by atoms with Crippen LogP contribution in [0.4, 0.5) is 5.69 Å². The van der Waals surface area contributed by atoms with Crippen molar-refractivity contribution >= 4 is 34.1 Å². The molecule has 138 valence electrons. The van der Waals surface area contributed by atoms with Gasteiger partial charge in [0.2, 0.25) is 0 Å². The number of nitrogens with zero attached hydrogens (tertiary/aromatic N) is 1. The van der Waals surface area contributed by atoms with Gasteiger partial charge in [-0.2, -0.15) is 0 Å². The first-order chi connectivity index (χ1) is 13.0. The highest BCUT2D eigenvalue weighted by Crippen LogP contribution is 2.38. The number of hydrogen-bond acceptors (Lipinski definition) is 4. The van der Waals surface area contributed by atoms with Crippen molar-refractivity contribution in [1.29, 1.82) is 0 Å². The molecule has 5 nitrogen and oxygen atoms in total. The van der Waals surface area contributed by atoms with E-state index in [-0.39, 0.29) is 11.8 Å². The van der Waals surface area contributed by atoms with E-state index in [4.69, 9.17) is 21.1 Å². The Bertz CT molecular complexity index is 1030. The van der Waals surface area contributed by atoms with Crippen molar-refractivity contribution in [3.8, 4) is 11.5 Å². The maximum absolute atomic E-state index is 13.1. The third-order valence-corrected chi connectivity index (χ3v) is 4.76. The van der Waals surface area contributed by atoms with Crippen molar-refractivity contribution in [3.05, 3.63) is 58.7 Å². The van der Waals surface area contributed by atoms with E-state index < -0.39 is 0 Å². The van der Waals surface area contributed by atoms with Crippen LogP contribution in [0.5, 0.6) is 11.5 Å². The normalized spacial score (nSPS) is 13.0. The smallest absolute Gasteiger partial charge is 0.256 e. The molecule has 0 saturated carbocycles. The maximum atomic E-state index is 13.1. The second-order valence-electron chi connectivity index (χ2n) is 6.70. The second-order valence-corrected chi connectivity index (χ2v) is 7.10. The lowest BCUT2D eigenvalue weighted by Gasteiger charge is -2.20. The van der Waals surface area contributed by atoms with Gasteiger partial charge >= 0.3 is 0 Å². The molecule has 2 aromatic carbocycles. The fourth-order valence-corrected chi connectivity index (χ4v) is 3.23. The van der Waals surface area contributed by atoms with Gasteiger partial charge in [0.25, 0.3) is 5.91 Å². The number of nitrogens with one attached hydrogen (secondary N) is 1. The summed E-state index contributed by atoms with van der Waals surface area (Å²) in [5.41, 5.74) is 2.71. The van der Waals surface area contributed by atoms with Gasteiger partial charge in [0.15, 0.2) is 11.5 Å². The standard InChI is InChI=1S/C21H19ClN2O3/c1-12(2)17-9-14(13-5-3-4-6-16(13)23-17)21(25)24-18-11-20-19(10-15(18)22)26-7-8-27-20/h3-6,9-12H,7-8H2,1-2H3,(H,24,25). The number of carbonyl (C=O) groups is 1. The van der Waals surface area contributed by atoms with Crippen LogP contribution in [0.25, 0.3) is 10.9 Å². The third-order valence-electron chi connectivity index (χ3n) is 4.45. The van der Waals surface area contributed by atoms with Gasteiger partial charge in [-0.3, -0.25) is 9.78 Å². The Balaban J connectivity index is 1.73. The SMILES string of the molecule is CC(C)c1cc(C(=O)Nc2cc3c(cc2Cl)OCCO3)c2ccccc2n1. The van der Waals surface area contributed by atoms with Crippen LogP contribution < -0.4 is 14.8 Å². The van der Waals surface area contributed by atoms with Gasteiger partial charge in [0, 0.05) is 23.2 Å². The summed E-state index contributed by atoms with van der Waals surface area (Å²) in [6.45, 7) is 5.05. The van der Waals surface area contributed by atoms with Crippen LogP contribution in [-0.2, 0) is 0 Å². The monoisotopic (exact) mass is 382 g/mol. The van der Waals surface area contributed by atoms with Crippen LogP contribution in [0.2, 0.25) is 5.02 Å². The van der Waals surface area contributed by atoms with E-state index in [1.54, 1.807) is 12.1 Å². The molecule has 0 aliphatic carbocycles. The number of halogens is 1. The number of benzene rings is 2. The predicted octanol–water partition coefficient (Wildman–Crippen LogP) is 5.04. The van der Waals surface area contributed by atoms with Crippen molar-refractivity contribution < 1.29 is 14.3 Å². The first-order valence-electron chi connectivity index (χ1n) is 8.83. The molecule has 0 spiro atoms. The van der Waals surface area contributed by atoms with E-state index >= 15 is 0 Å². The van der Waals surface area contributed by atoms with Crippen LogP contribution in [-0.4, -0.2) is 24.1 Å². The van der Waals surface area contributed by atoms with Crippen LogP contribution in [0, 0.1) is 0 Å². The molecule has 1 amide bonds. The van der Waals surface area contributed by atoms with E-state index in [9.17, 15) is 4.79 Å². The summed E-state index contributed by atoms with van der Waals surface area (Å²) < 4.78 is 11.1. The third kappa shape index (κ3) is 3.43. The topological polar surface area (TPSA) is 60.5 Å². The summed E-state index contributed by atoms with van der Waals surface area (Å²) in [7, 11) is 0. The quantitative estimate of drug-likeness (QED) is 0.689. The summed E-state index contributed by atoms with van der Waals surface area (Å²) in [4.78, 5) is 17.7. The molecular formula is C21H19ClN2O3. The number of hydrogen-bond donors (Lipinski definition) is 1. The number of carbonyl (C=O) groups excluding carboxylic acids is 1. The molecule has 0 fully saturated rings. The highest BCUT2D eigenvalue weighted by Gasteiger charge is 2.19.